The van der Waals surface area contributed by atoms with E-state index < -0.39 is 0 Å². The lowest BCUT2D eigenvalue weighted by Crippen LogP contribution is -2.10. The SMILES string of the molecule is CCC(C)C(CBr)c1ccc(Br)cc1. The Labute approximate surface area is 103 Å². The van der Waals surface area contributed by atoms with E-state index in [0.717, 1.165) is 15.7 Å². The lowest BCUT2D eigenvalue weighted by atomic mass is 9.87. The second kappa shape index (κ2) is 5.92. The number of rotatable bonds is 4. The van der Waals surface area contributed by atoms with E-state index in [9.17, 15) is 0 Å². The Morgan fingerprint density at radius 3 is 2.21 bits per heavy atom. The fourth-order valence-electron chi connectivity index (χ4n) is 1.56. The van der Waals surface area contributed by atoms with Gasteiger partial charge in [0.1, 0.15) is 0 Å². The number of alkyl halides is 1. The van der Waals surface area contributed by atoms with Crippen molar-refractivity contribution in [1.82, 2.24) is 0 Å². The van der Waals surface area contributed by atoms with Gasteiger partial charge in [0.2, 0.25) is 0 Å². The summed E-state index contributed by atoms with van der Waals surface area (Å²) >= 11 is 7.06. The predicted molar refractivity (Wildman–Crippen MR) is 70.1 cm³/mol. The van der Waals surface area contributed by atoms with Crippen LogP contribution in [0.4, 0.5) is 0 Å². The molecule has 0 heterocycles. The molecule has 2 heteroatoms. The summed E-state index contributed by atoms with van der Waals surface area (Å²) in [6, 6.07) is 8.66. The van der Waals surface area contributed by atoms with Crippen molar-refractivity contribution in [3.63, 3.8) is 0 Å². The fraction of sp³-hybridized carbons (Fsp3) is 0.500. The van der Waals surface area contributed by atoms with E-state index in [-0.39, 0.29) is 0 Å². The van der Waals surface area contributed by atoms with Crippen LogP contribution in [0.1, 0.15) is 31.7 Å². The molecule has 0 N–H and O–H groups in total. The summed E-state index contributed by atoms with van der Waals surface area (Å²) in [7, 11) is 0. The van der Waals surface area contributed by atoms with Crippen molar-refractivity contribution in [2.24, 2.45) is 5.92 Å². The van der Waals surface area contributed by atoms with Crippen molar-refractivity contribution in [1.29, 1.82) is 0 Å². The third kappa shape index (κ3) is 3.09. The first-order valence-corrected chi connectivity index (χ1v) is 6.92. The lowest BCUT2D eigenvalue weighted by molar-refractivity contribution is 0.480. The highest BCUT2D eigenvalue weighted by Crippen LogP contribution is 2.29. The Hall–Kier alpha value is 0.180. The van der Waals surface area contributed by atoms with Crippen LogP contribution >= 0.6 is 31.9 Å². The normalized spacial score (nSPS) is 15.1. The van der Waals surface area contributed by atoms with Crippen LogP contribution in [0, 0.1) is 5.92 Å². The number of halogens is 2. The maximum Gasteiger partial charge on any atom is 0.0175 e. The van der Waals surface area contributed by atoms with E-state index >= 15 is 0 Å². The van der Waals surface area contributed by atoms with Gasteiger partial charge in [-0.25, -0.2) is 0 Å². The first kappa shape index (κ1) is 12.3. The zero-order valence-electron chi connectivity index (χ0n) is 8.63. The topological polar surface area (TPSA) is 0 Å². The molecule has 2 unspecified atom stereocenters. The third-order valence-electron chi connectivity index (χ3n) is 2.80. The zero-order chi connectivity index (χ0) is 10.6. The molecular formula is C12H16Br2. The highest BCUT2D eigenvalue weighted by molar-refractivity contribution is 9.10. The van der Waals surface area contributed by atoms with Crippen molar-refractivity contribution in [2.75, 3.05) is 5.33 Å². The molecule has 0 aliphatic carbocycles. The number of benzene rings is 1. The van der Waals surface area contributed by atoms with Crippen molar-refractivity contribution in [3.8, 4) is 0 Å². The van der Waals surface area contributed by atoms with Crippen molar-refractivity contribution in [3.05, 3.63) is 34.3 Å². The Bertz CT molecular complexity index is 266. The molecule has 0 aliphatic rings. The average molecular weight is 320 g/mol. The van der Waals surface area contributed by atoms with Crippen molar-refractivity contribution >= 4 is 31.9 Å². The van der Waals surface area contributed by atoms with Crippen LogP contribution in [0.25, 0.3) is 0 Å². The van der Waals surface area contributed by atoms with Gasteiger partial charge in [-0.05, 0) is 29.5 Å². The quantitative estimate of drug-likeness (QED) is 0.687. The fourth-order valence-corrected chi connectivity index (χ4v) is 2.84. The van der Waals surface area contributed by atoms with Crippen LogP contribution in [-0.4, -0.2) is 5.33 Å². The molecule has 0 radical (unpaired) electrons. The molecule has 1 aromatic rings. The van der Waals surface area contributed by atoms with Gasteiger partial charge in [-0.3, -0.25) is 0 Å². The molecule has 0 spiro atoms. The second-order valence-electron chi connectivity index (χ2n) is 3.70. The van der Waals surface area contributed by atoms with E-state index in [2.05, 4.69) is 70.0 Å². The van der Waals surface area contributed by atoms with Gasteiger partial charge in [-0.1, -0.05) is 64.3 Å². The molecule has 1 aromatic carbocycles. The third-order valence-corrected chi connectivity index (χ3v) is 4.02. The number of hydrogen-bond acceptors (Lipinski definition) is 0. The molecular weight excluding hydrogens is 304 g/mol. The molecule has 0 saturated carbocycles. The molecule has 0 saturated heterocycles. The highest BCUT2D eigenvalue weighted by atomic mass is 79.9. The van der Waals surface area contributed by atoms with Crippen LogP contribution in [-0.2, 0) is 0 Å². The van der Waals surface area contributed by atoms with Crippen molar-refractivity contribution < 1.29 is 0 Å². The standard InChI is InChI=1S/C12H16Br2/c1-3-9(2)12(8-13)10-4-6-11(14)7-5-10/h4-7,9,12H,3,8H2,1-2H3. The summed E-state index contributed by atoms with van der Waals surface area (Å²) < 4.78 is 1.15. The molecule has 0 nitrogen and oxygen atoms in total. The van der Waals surface area contributed by atoms with Crippen LogP contribution in [0.3, 0.4) is 0 Å². The zero-order valence-corrected chi connectivity index (χ0v) is 11.8. The monoisotopic (exact) mass is 318 g/mol. The minimum Gasteiger partial charge on any atom is -0.0921 e. The molecule has 14 heavy (non-hydrogen) atoms. The van der Waals surface area contributed by atoms with Gasteiger partial charge in [-0.15, -0.1) is 0 Å². The molecule has 0 bridgehead atoms. The van der Waals surface area contributed by atoms with E-state index in [4.69, 9.17) is 0 Å². The summed E-state index contributed by atoms with van der Waals surface area (Å²) in [5.74, 6) is 1.36. The molecule has 0 fully saturated rings. The average Bonchev–Trinajstić information content (AvgIpc) is 2.21. The van der Waals surface area contributed by atoms with Crippen LogP contribution in [0.5, 0.6) is 0 Å². The van der Waals surface area contributed by atoms with E-state index in [1.165, 1.54) is 12.0 Å². The van der Waals surface area contributed by atoms with Crippen molar-refractivity contribution in [2.45, 2.75) is 26.2 Å². The first-order chi connectivity index (χ1) is 6.69. The van der Waals surface area contributed by atoms with E-state index in [0.29, 0.717) is 5.92 Å². The minimum atomic E-state index is 0.632. The Morgan fingerprint density at radius 2 is 1.79 bits per heavy atom. The molecule has 0 aromatic heterocycles. The van der Waals surface area contributed by atoms with Gasteiger partial charge in [-0.2, -0.15) is 0 Å². The molecule has 78 valence electrons. The van der Waals surface area contributed by atoms with E-state index in [1.54, 1.807) is 0 Å². The van der Waals surface area contributed by atoms with Gasteiger partial charge in [0.15, 0.2) is 0 Å². The van der Waals surface area contributed by atoms with Gasteiger partial charge in [0, 0.05) is 9.80 Å². The molecule has 2 atom stereocenters. The highest BCUT2D eigenvalue weighted by Gasteiger charge is 2.16. The lowest BCUT2D eigenvalue weighted by Gasteiger charge is -2.21. The minimum absolute atomic E-state index is 0.632. The summed E-state index contributed by atoms with van der Waals surface area (Å²) in [4.78, 5) is 0. The smallest absolute Gasteiger partial charge is 0.0175 e. The maximum absolute atomic E-state index is 3.60. The molecule has 0 aliphatic heterocycles. The van der Waals surface area contributed by atoms with Crippen LogP contribution < -0.4 is 0 Å². The first-order valence-electron chi connectivity index (χ1n) is 5.00. The number of hydrogen-bond donors (Lipinski definition) is 0. The van der Waals surface area contributed by atoms with Gasteiger partial charge in [0.05, 0.1) is 0 Å². The van der Waals surface area contributed by atoms with Gasteiger partial charge in [0.25, 0.3) is 0 Å². The van der Waals surface area contributed by atoms with E-state index in [1.807, 2.05) is 0 Å². The second-order valence-corrected chi connectivity index (χ2v) is 5.26. The largest absolute Gasteiger partial charge is 0.0921 e. The Balaban J connectivity index is 2.84. The maximum atomic E-state index is 3.60. The molecule has 1 rings (SSSR count). The summed E-state index contributed by atoms with van der Waals surface area (Å²) in [5, 5.41) is 1.05. The summed E-state index contributed by atoms with van der Waals surface area (Å²) in [5.41, 5.74) is 1.43. The summed E-state index contributed by atoms with van der Waals surface area (Å²) in [6.07, 6.45) is 1.23. The Kier molecular flexibility index (Phi) is 5.18. The Morgan fingerprint density at radius 1 is 1.21 bits per heavy atom. The molecule has 0 amide bonds. The van der Waals surface area contributed by atoms with Crippen LogP contribution in [0.2, 0.25) is 0 Å². The predicted octanol–water partition coefficient (Wildman–Crippen LogP) is 4.97. The van der Waals surface area contributed by atoms with Gasteiger partial charge < -0.3 is 0 Å². The summed E-state index contributed by atoms with van der Waals surface area (Å²) in [6.45, 7) is 4.56. The van der Waals surface area contributed by atoms with Gasteiger partial charge >= 0.3 is 0 Å². The van der Waals surface area contributed by atoms with Crippen LogP contribution in [0.15, 0.2) is 28.7 Å².